The number of aryl methyl sites for hydroxylation is 3. The van der Waals surface area contributed by atoms with Gasteiger partial charge in [-0.25, -0.2) is 4.98 Å². The number of amides is 2. The lowest BCUT2D eigenvalue weighted by Crippen LogP contribution is -2.45. The van der Waals surface area contributed by atoms with Crippen molar-refractivity contribution in [2.45, 2.75) is 45.7 Å². The van der Waals surface area contributed by atoms with Gasteiger partial charge in [-0.3, -0.25) is 14.6 Å². The molecule has 3 atom stereocenters. The molecular formula is C29H28N4O2S. The highest BCUT2D eigenvalue weighted by molar-refractivity contribution is 7.15. The molecule has 2 fully saturated rings. The standard InChI is InChI=1S/C29H28N4O2S/c1-16-9-10-22(17(2)12-16)27-26(32-18(3)36-27)29(35)33-21(13-20-14-24(20)33)15-31-28(34)23-8-4-6-19-7-5-11-30-25(19)23/h4-12,20-21,24H,13-15H2,1-3H3,(H,31,34)/t20-,21+,24+/m1/s1. The molecule has 1 aliphatic heterocycles. The Labute approximate surface area is 214 Å². The molecule has 1 saturated carbocycles. The average Bonchev–Trinajstić information content (AvgIpc) is 3.36. The van der Waals surface area contributed by atoms with Crippen molar-refractivity contribution < 1.29 is 9.59 Å². The Bertz CT molecular complexity index is 1510. The number of hydrogen-bond donors (Lipinski definition) is 1. The number of piperidine rings is 1. The number of rotatable bonds is 5. The van der Waals surface area contributed by atoms with Crippen molar-refractivity contribution >= 4 is 34.1 Å². The summed E-state index contributed by atoms with van der Waals surface area (Å²) in [5.41, 5.74) is 5.19. The molecule has 2 aromatic carbocycles. The number of para-hydroxylation sites is 1. The van der Waals surface area contributed by atoms with Crippen LogP contribution in [0.5, 0.6) is 0 Å². The molecular weight excluding hydrogens is 468 g/mol. The number of aromatic nitrogens is 2. The van der Waals surface area contributed by atoms with Crippen molar-refractivity contribution in [2.24, 2.45) is 5.92 Å². The summed E-state index contributed by atoms with van der Waals surface area (Å²) >= 11 is 1.57. The monoisotopic (exact) mass is 496 g/mol. The second-order valence-electron chi connectivity index (χ2n) is 9.98. The molecule has 0 unspecified atom stereocenters. The van der Waals surface area contributed by atoms with Crippen molar-refractivity contribution in [1.82, 2.24) is 20.2 Å². The van der Waals surface area contributed by atoms with E-state index in [1.807, 2.05) is 36.1 Å². The van der Waals surface area contributed by atoms with Gasteiger partial charge in [0.2, 0.25) is 0 Å². The van der Waals surface area contributed by atoms with Gasteiger partial charge in [0.15, 0.2) is 0 Å². The van der Waals surface area contributed by atoms with Crippen LogP contribution in [0, 0.1) is 26.7 Å². The summed E-state index contributed by atoms with van der Waals surface area (Å²) in [6.45, 7) is 6.53. The SMILES string of the molecule is Cc1ccc(-c2sc(C)nc2C(=O)N2[C@H](CNC(=O)c3cccc4cccnc34)C[C@@H]3C[C@@H]32)c(C)c1. The number of thiazole rings is 1. The summed E-state index contributed by atoms with van der Waals surface area (Å²) in [6, 6.07) is 16.0. The van der Waals surface area contributed by atoms with Gasteiger partial charge < -0.3 is 10.2 Å². The number of nitrogens with one attached hydrogen (secondary N) is 1. The molecule has 1 saturated heterocycles. The van der Waals surface area contributed by atoms with Crippen LogP contribution < -0.4 is 5.32 Å². The molecule has 0 radical (unpaired) electrons. The highest BCUT2D eigenvalue weighted by Gasteiger charge is 2.54. The van der Waals surface area contributed by atoms with Crippen molar-refractivity contribution in [2.75, 3.05) is 6.54 Å². The van der Waals surface area contributed by atoms with Gasteiger partial charge in [0.05, 0.1) is 27.0 Å². The van der Waals surface area contributed by atoms with E-state index < -0.39 is 0 Å². The zero-order valence-corrected chi connectivity index (χ0v) is 21.4. The van der Waals surface area contributed by atoms with E-state index in [4.69, 9.17) is 4.98 Å². The quantitative estimate of drug-likeness (QED) is 0.406. The fraction of sp³-hybridized carbons (Fsp3) is 0.310. The van der Waals surface area contributed by atoms with Crippen LogP contribution in [0.3, 0.4) is 0 Å². The minimum absolute atomic E-state index is 0.0228. The van der Waals surface area contributed by atoms with Crippen molar-refractivity contribution in [3.8, 4) is 10.4 Å². The third kappa shape index (κ3) is 3.97. The Balaban J connectivity index is 1.24. The van der Waals surface area contributed by atoms with Crippen LogP contribution in [0.2, 0.25) is 0 Å². The van der Waals surface area contributed by atoms with Gasteiger partial charge in [-0.15, -0.1) is 11.3 Å². The number of pyridine rings is 1. The second-order valence-corrected chi connectivity index (χ2v) is 11.2. The molecule has 7 heteroatoms. The van der Waals surface area contributed by atoms with Crippen molar-refractivity contribution in [3.05, 3.63) is 82.1 Å². The first-order valence-electron chi connectivity index (χ1n) is 12.4. The van der Waals surface area contributed by atoms with Gasteiger partial charge in [0.25, 0.3) is 11.8 Å². The fourth-order valence-corrected chi connectivity index (χ4v) is 6.60. The first kappa shape index (κ1) is 22.9. The Kier molecular flexibility index (Phi) is 5.60. The van der Waals surface area contributed by atoms with Gasteiger partial charge in [0.1, 0.15) is 5.69 Å². The number of nitrogens with zero attached hydrogens (tertiary/aromatic N) is 3. The molecule has 182 valence electrons. The second kappa shape index (κ2) is 8.82. The van der Waals surface area contributed by atoms with E-state index in [-0.39, 0.29) is 23.9 Å². The number of benzene rings is 2. The first-order chi connectivity index (χ1) is 17.4. The van der Waals surface area contributed by atoms with E-state index in [2.05, 4.69) is 42.3 Å². The van der Waals surface area contributed by atoms with E-state index in [1.165, 1.54) is 5.56 Å². The van der Waals surface area contributed by atoms with Crippen LogP contribution in [-0.4, -0.2) is 45.3 Å². The van der Waals surface area contributed by atoms with E-state index in [1.54, 1.807) is 23.6 Å². The van der Waals surface area contributed by atoms with E-state index >= 15 is 0 Å². The smallest absolute Gasteiger partial charge is 0.274 e. The molecule has 3 heterocycles. The minimum Gasteiger partial charge on any atom is -0.350 e. The zero-order chi connectivity index (χ0) is 25.0. The maximum absolute atomic E-state index is 13.9. The molecule has 6 rings (SSSR count). The summed E-state index contributed by atoms with van der Waals surface area (Å²) in [6.07, 6.45) is 3.64. The highest BCUT2D eigenvalue weighted by Crippen LogP contribution is 2.49. The zero-order valence-electron chi connectivity index (χ0n) is 20.6. The molecule has 1 N–H and O–H groups in total. The summed E-state index contributed by atoms with van der Waals surface area (Å²) in [5, 5.41) is 4.90. The van der Waals surface area contributed by atoms with Gasteiger partial charge in [-0.05, 0) is 62.8 Å². The number of likely N-dealkylation sites (tertiary alicyclic amines) is 1. The number of hydrogen-bond acceptors (Lipinski definition) is 5. The molecule has 2 amide bonds. The van der Waals surface area contributed by atoms with E-state index in [0.717, 1.165) is 39.2 Å². The van der Waals surface area contributed by atoms with Crippen LogP contribution in [0.4, 0.5) is 0 Å². The molecule has 2 aliphatic rings. The third-order valence-corrected chi connectivity index (χ3v) is 8.39. The first-order valence-corrected chi connectivity index (χ1v) is 13.2. The largest absolute Gasteiger partial charge is 0.350 e. The summed E-state index contributed by atoms with van der Waals surface area (Å²) in [4.78, 5) is 39.0. The van der Waals surface area contributed by atoms with E-state index in [0.29, 0.717) is 29.2 Å². The topological polar surface area (TPSA) is 75.2 Å². The van der Waals surface area contributed by atoms with Gasteiger partial charge >= 0.3 is 0 Å². The van der Waals surface area contributed by atoms with Gasteiger partial charge in [-0.2, -0.15) is 0 Å². The summed E-state index contributed by atoms with van der Waals surface area (Å²) in [7, 11) is 0. The average molecular weight is 497 g/mol. The van der Waals surface area contributed by atoms with Crippen molar-refractivity contribution in [1.29, 1.82) is 0 Å². The fourth-order valence-electron chi connectivity index (χ4n) is 5.60. The Morgan fingerprint density at radius 3 is 2.75 bits per heavy atom. The van der Waals surface area contributed by atoms with Gasteiger partial charge in [-0.1, -0.05) is 42.0 Å². The normalized spacial score (nSPS) is 20.4. The minimum atomic E-state index is -0.159. The maximum Gasteiger partial charge on any atom is 0.274 e. The Morgan fingerprint density at radius 2 is 1.92 bits per heavy atom. The van der Waals surface area contributed by atoms with Crippen LogP contribution in [-0.2, 0) is 0 Å². The molecule has 4 aromatic rings. The number of carbonyl (C=O) groups excluding carboxylic acids is 2. The van der Waals surface area contributed by atoms with Crippen LogP contribution in [0.25, 0.3) is 21.3 Å². The Morgan fingerprint density at radius 1 is 1.08 bits per heavy atom. The summed E-state index contributed by atoms with van der Waals surface area (Å²) < 4.78 is 0. The number of carbonyl (C=O) groups is 2. The molecule has 6 nitrogen and oxygen atoms in total. The Hall–Kier alpha value is -3.58. The highest BCUT2D eigenvalue weighted by atomic mass is 32.1. The van der Waals surface area contributed by atoms with Crippen LogP contribution in [0.15, 0.2) is 54.7 Å². The van der Waals surface area contributed by atoms with Crippen LogP contribution in [0.1, 0.15) is 49.8 Å². The molecule has 0 spiro atoms. The predicted octanol–water partition coefficient (Wildman–Crippen LogP) is 5.32. The lowest BCUT2D eigenvalue weighted by Gasteiger charge is -2.28. The summed E-state index contributed by atoms with van der Waals surface area (Å²) in [5.74, 6) is 0.331. The van der Waals surface area contributed by atoms with E-state index in [9.17, 15) is 9.59 Å². The van der Waals surface area contributed by atoms with Crippen LogP contribution >= 0.6 is 11.3 Å². The maximum atomic E-state index is 13.9. The lowest BCUT2D eigenvalue weighted by molar-refractivity contribution is 0.0684. The molecule has 1 aliphatic carbocycles. The third-order valence-electron chi connectivity index (χ3n) is 7.38. The molecule has 2 aromatic heterocycles. The lowest BCUT2D eigenvalue weighted by atomic mass is 10.0. The molecule has 36 heavy (non-hydrogen) atoms. The number of fused-ring (bicyclic) bond motifs is 2. The molecule has 0 bridgehead atoms. The van der Waals surface area contributed by atoms with Gasteiger partial charge in [0, 0.05) is 24.2 Å². The predicted molar refractivity (Wildman–Crippen MR) is 142 cm³/mol. The van der Waals surface area contributed by atoms with Crippen molar-refractivity contribution in [3.63, 3.8) is 0 Å².